The zero-order valence-electron chi connectivity index (χ0n) is 15.6. The van der Waals surface area contributed by atoms with E-state index in [1.165, 1.54) is 18.0 Å². The van der Waals surface area contributed by atoms with E-state index in [9.17, 15) is 4.79 Å². The first kappa shape index (κ1) is 21.2. The molecule has 25 heavy (non-hydrogen) atoms. The minimum absolute atomic E-state index is 0.0835. The lowest BCUT2D eigenvalue weighted by atomic mass is 10.2. The number of unbranched alkanes of at least 4 members (excludes halogenated alkanes) is 2. The summed E-state index contributed by atoms with van der Waals surface area (Å²) in [5, 5.41) is 9.10. The third-order valence-corrected chi connectivity index (χ3v) is 3.92. The number of nitrogens with zero attached hydrogens (tertiary/aromatic N) is 5. The molecule has 0 aliphatic rings. The Labute approximate surface area is 149 Å². The Morgan fingerprint density at radius 1 is 1.36 bits per heavy atom. The van der Waals surface area contributed by atoms with Crippen LogP contribution in [0.4, 0.5) is 5.95 Å². The Morgan fingerprint density at radius 3 is 2.56 bits per heavy atom. The number of rotatable bonds is 13. The van der Waals surface area contributed by atoms with Gasteiger partial charge in [0.15, 0.2) is 0 Å². The summed E-state index contributed by atoms with van der Waals surface area (Å²) in [4.78, 5) is 26.5. The van der Waals surface area contributed by atoms with Crippen molar-refractivity contribution in [2.75, 3.05) is 26.8 Å². The van der Waals surface area contributed by atoms with E-state index in [1.807, 2.05) is 0 Å². The van der Waals surface area contributed by atoms with Crippen LogP contribution in [0.3, 0.4) is 0 Å². The fourth-order valence-corrected chi connectivity index (χ4v) is 2.21. The Kier molecular flexibility index (Phi) is 10.7. The van der Waals surface area contributed by atoms with Gasteiger partial charge in [-0.1, -0.05) is 26.7 Å². The molecule has 0 aliphatic carbocycles. The molecule has 8 heteroatoms. The van der Waals surface area contributed by atoms with E-state index in [-0.39, 0.29) is 18.7 Å². The van der Waals surface area contributed by atoms with Crippen LogP contribution in [0.2, 0.25) is 0 Å². The SMILES string of the molecule is CCCCN(/C=N/c1ncn(CCC(CO)OC)c(=O)n1)CCCC. The van der Waals surface area contributed by atoms with Gasteiger partial charge >= 0.3 is 5.69 Å². The molecule has 142 valence electrons. The first-order valence-corrected chi connectivity index (χ1v) is 8.99. The summed E-state index contributed by atoms with van der Waals surface area (Å²) in [6.07, 6.45) is 7.84. The highest BCUT2D eigenvalue weighted by atomic mass is 16.5. The molecule has 0 aromatic carbocycles. The molecule has 1 rings (SSSR count). The molecule has 0 radical (unpaired) electrons. The zero-order valence-corrected chi connectivity index (χ0v) is 15.6. The van der Waals surface area contributed by atoms with E-state index in [2.05, 4.69) is 33.7 Å². The average molecular weight is 353 g/mol. The molecule has 1 N–H and O–H groups in total. The van der Waals surface area contributed by atoms with Crippen LogP contribution in [-0.2, 0) is 11.3 Å². The maximum atomic E-state index is 12.0. The molecule has 1 unspecified atom stereocenters. The van der Waals surface area contributed by atoms with Gasteiger partial charge in [-0.05, 0) is 19.3 Å². The molecular weight excluding hydrogens is 322 g/mol. The summed E-state index contributed by atoms with van der Waals surface area (Å²) < 4.78 is 6.47. The number of aliphatic hydroxyl groups excluding tert-OH is 1. The van der Waals surface area contributed by atoms with Gasteiger partial charge in [0, 0.05) is 26.7 Å². The average Bonchev–Trinajstić information content (AvgIpc) is 2.63. The van der Waals surface area contributed by atoms with E-state index in [1.54, 1.807) is 6.34 Å². The number of aliphatic imine (C=N–C) groups is 1. The van der Waals surface area contributed by atoms with E-state index in [0.717, 1.165) is 38.8 Å². The van der Waals surface area contributed by atoms with Crippen LogP contribution in [0.25, 0.3) is 0 Å². The monoisotopic (exact) mass is 353 g/mol. The topological polar surface area (TPSA) is 92.8 Å². The lowest BCUT2D eigenvalue weighted by Crippen LogP contribution is -2.27. The van der Waals surface area contributed by atoms with Crippen molar-refractivity contribution in [3.8, 4) is 0 Å². The second-order valence-electron chi connectivity index (χ2n) is 5.95. The molecule has 0 saturated heterocycles. The minimum Gasteiger partial charge on any atom is -0.394 e. The summed E-state index contributed by atoms with van der Waals surface area (Å²) >= 11 is 0. The highest BCUT2D eigenvalue weighted by molar-refractivity contribution is 5.58. The van der Waals surface area contributed by atoms with Crippen molar-refractivity contribution in [2.24, 2.45) is 4.99 Å². The number of aromatic nitrogens is 3. The summed E-state index contributed by atoms with van der Waals surface area (Å²) in [5.41, 5.74) is -0.399. The van der Waals surface area contributed by atoms with Crippen LogP contribution >= 0.6 is 0 Å². The molecule has 0 saturated carbocycles. The second kappa shape index (κ2) is 12.5. The lowest BCUT2D eigenvalue weighted by Gasteiger charge is -2.18. The van der Waals surface area contributed by atoms with Gasteiger partial charge in [-0.25, -0.2) is 14.8 Å². The smallest absolute Gasteiger partial charge is 0.352 e. The molecule has 0 spiro atoms. The highest BCUT2D eigenvalue weighted by Crippen LogP contribution is 2.02. The zero-order chi connectivity index (χ0) is 18.5. The third-order valence-electron chi connectivity index (χ3n) is 3.92. The van der Waals surface area contributed by atoms with Crippen molar-refractivity contribution < 1.29 is 9.84 Å². The molecule has 1 aromatic heterocycles. The van der Waals surface area contributed by atoms with E-state index in [4.69, 9.17) is 9.84 Å². The van der Waals surface area contributed by atoms with Crippen molar-refractivity contribution >= 4 is 12.3 Å². The van der Waals surface area contributed by atoms with Crippen LogP contribution < -0.4 is 5.69 Å². The highest BCUT2D eigenvalue weighted by Gasteiger charge is 2.07. The summed E-state index contributed by atoms with van der Waals surface area (Å²) in [6, 6.07) is 0. The Bertz CT molecular complexity index is 549. The summed E-state index contributed by atoms with van der Waals surface area (Å²) in [7, 11) is 1.53. The van der Waals surface area contributed by atoms with E-state index < -0.39 is 5.69 Å². The second-order valence-corrected chi connectivity index (χ2v) is 5.95. The van der Waals surface area contributed by atoms with Gasteiger partial charge in [-0.3, -0.25) is 4.57 Å². The standard InChI is InChI=1S/C17H31N5O3/c1-4-6-9-21(10-7-5-2)13-18-16-19-14-22(17(24)20-16)11-8-15(12-23)25-3/h13-15,23H,4-12H2,1-3H3/b18-13+. The molecule has 1 aromatic rings. The number of hydrogen-bond acceptors (Lipinski definition) is 6. The molecule has 1 atom stereocenters. The van der Waals surface area contributed by atoms with Gasteiger partial charge in [0.1, 0.15) is 6.33 Å². The normalized spacial score (nSPS) is 12.6. The van der Waals surface area contributed by atoms with E-state index in [0.29, 0.717) is 13.0 Å². The van der Waals surface area contributed by atoms with Crippen LogP contribution in [-0.4, -0.2) is 63.8 Å². The quantitative estimate of drug-likeness (QED) is 0.428. The Balaban J connectivity index is 2.68. The number of aryl methyl sites for hydroxylation is 1. The number of hydrogen-bond donors (Lipinski definition) is 1. The molecular formula is C17H31N5O3. The van der Waals surface area contributed by atoms with Gasteiger partial charge < -0.3 is 14.7 Å². The maximum Gasteiger partial charge on any atom is 0.352 e. The van der Waals surface area contributed by atoms with Crippen LogP contribution in [0.1, 0.15) is 46.0 Å². The molecule has 0 aliphatic heterocycles. The summed E-state index contributed by atoms with van der Waals surface area (Å²) in [5.74, 6) is 0.171. The van der Waals surface area contributed by atoms with Crippen LogP contribution in [0, 0.1) is 0 Å². The van der Waals surface area contributed by atoms with Crippen molar-refractivity contribution in [3.05, 3.63) is 16.8 Å². The molecule has 8 nitrogen and oxygen atoms in total. The number of ether oxygens (including phenoxy) is 1. The van der Waals surface area contributed by atoms with Gasteiger partial charge in [-0.15, -0.1) is 0 Å². The Hall–Kier alpha value is -1.80. The largest absolute Gasteiger partial charge is 0.394 e. The fraction of sp³-hybridized carbons (Fsp3) is 0.765. The van der Waals surface area contributed by atoms with Gasteiger partial charge in [0.25, 0.3) is 5.95 Å². The van der Waals surface area contributed by atoms with Crippen molar-refractivity contribution in [2.45, 2.75) is 58.6 Å². The molecule has 0 fully saturated rings. The third kappa shape index (κ3) is 8.22. The molecule has 0 bridgehead atoms. The van der Waals surface area contributed by atoms with Crippen molar-refractivity contribution in [3.63, 3.8) is 0 Å². The lowest BCUT2D eigenvalue weighted by molar-refractivity contribution is 0.0400. The van der Waals surface area contributed by atoms with E-state index >= 15 is 0 Å². The summed E-state index contributed by atoms with van der Waals surface area (Å²) in [6.45, 7) is 6.50. The van der Waals surface area contributed by atoms with Gasteiger partial charge in [-0.2, -0.15) is 4.98 Å². The van der Waals surface area contributed by atoms with Crippen LogP contribution in [0.15, 0.2) is 16.1 Å². The predicted molar refractivity (Wildman–Crippen MR) is 98.3 cm³/mol. The first-order valence-electron chi connectivity index (χ1n) is 8.99. The molecule has 1 heterocycles. The predicted octanol–water partition coefficient (Wildman–Crippen LogP) is 1.60. The van der Waals surface area contributed by atoms with Gasteiger partial charge in [0.2, 0.25) is 0 Å². The Morgan fingerprint density at radius 2 is 2.04 bits per heavy atom. The van der Waals surface area contributed by atoms with Crippen molar-refractivity contribution in [1.29, 1.82) is 0 Å². The van der Waals surface area contributed by atoms with Crippen molar-refractivity contribution in [1.82, 2.24) is 19.4 Å². The first-order chi connectivity index (χ1) is 12.1. The number of aliphatic hydroxyl groups is 1. The minimum atomic E-state index is -0.399. The van der Waals surface area contributed by atoms with Crippen LogP contribution in [0.5, 0.6) is 0 Å². The number of methoxy groups -OCH3 is 1. The fourth-order valence-electron chi connectivity index (χ4n) is 2.21. The van der Waals surface area contributed by atoms with Gasteiger partial charge in [0.05, 0.1) is 19.0 Å². The molecule has 0 amide bonds. The maximum absolute atomic E-state index is 12.0.